The van der Waals surface area contributed by atoms with Gasteiger partial charge in [0.15, 0.2) is 0 Å². The lowest BCUT2D eigenvalue weighted by Crippen LogP contribution is -2.16. The van der Waals surface area contributed by atoms with Crippen molar-refractivity contribution in [3.8, 4) is 5.75 Å². The molecule has 0 saturated carbocycles. The molecule has 1 aliphatic rings. The van der Waals surface area contributed by atoms with Gasteiger partial charge in [-0.3, -0.25) is 4.84 Å². The minimum Gasteiger partial charge on any atom is -0.496 e. The fourth-order valence-corrected chi connectivity index (χ4v) is 3.00. The molecule has 3 rings (SSSR count). The summed E-state index contributed by atoms with van der Waals surface area (Å²) in [5.74, 6) is 0.858. The van der Waals surface area contributed by atoms with Crippen molar-refractivity contribution in [3.05, 3.63) is 52.2 Å². The quantitative estimate of drug-likeness (QED) is 0.820. The van der Waals surface area contributed by atoms with E-state index in [9.17, 15) is 0 Å². The summed E-state index contributed by atoms with van der Waals surface area (Å²) >= 11 is 1.76. The van der Waals surface area contributed by atoms with Crippen LogP contribution in [-0.2, 0) is 11.3 Å². The molecule has 21 heavy (non-hydrogen) atoms. The Labute approximate surface area is 128 Å². The zero-order valence-electron chi connectivity index (χ0n) is 12.0. The van der Waals surface area contributed by atoms with E-state index in [1.54, 1.807) is 23.6 Å². The van der Waals surface area contributed by atoms with Crippen LogP contribution in [0.5, 0.6) is 5.75 Å². The van der Waals surface area contributed by atoms with Gasteiger partial charge in [0.2, 0.25) is 0 Å². The van der Waals surface area contributed by atoms with Crippen molar-refractivity contribution in [2.45, 2.75) is 12.8 Å². The highest BCUT2D eigenvalue weighted by molar-refractivity contribution is 7.09. The number of benzene rings is 1. The molecule has 2 heterocycles. The molecule has 1 aromatic carbocycles. The maximum Gasteiger partial charge on any atom is 0.127 e. The Hall–Kier alpha value is -1.85. The number of hydroxylamine groups is 1. The van der Waals surface area contributed by atoms with Gasteiger partial charge >= 0.3 is 0 Å². The zero-order valence-corrected chi connectivity index (χ0v) is 12.8. The third-order valence-corrected chi connectivity index (χ3v) is 4.30. The number of nitrogens with zero attached hydrogens (tertiary/aromatic N) is 2. The van der Waals surface area contributed by atoms with Crippen molar-refractivity contribution >= 4 is 17.0 Å². The fourth-order valence-electron chi connectivity index (χ4n) is 2.31. The molecule has 110 valence electrons. The lowest BCUT2D eigenvalue weighted by Gasteiger charge is -2.12. The van der Waals surface area contributed by atoms with E-state index in [4.69, 9.17) is 9.57 Å². The Kier molecular flexibility index (Phi) is 4.52. The molecule has 5 heteroatoms. The maximum atomic E-state index is 5.71. The number of para-hydroxylation sites is 1. The van der Waals surface area contributed by atoms with Crippen molar-refractivity contribution in [2.75, 3.05) is 20.3 Å². The van der Waals surface area contributed by atoms with Crippen LogP contribution in [0.3, 0.4) is 0 Å². The molecule has 1 aliphatic heterocycles. The van der Waals surface area contributed by atoms with Crippen molar-refractivity contribution in [1.82, 2.24) is 5.17 Å². The van der Waals surface area contributed by atoms with Gasteiger partial charge in [0.05, 0.1) is 26.0 Å². The van der Waals surface area contributed by atoms with Gasteiger partial charge in [-0.15, -0.1) is 11.3 Å². The largest absolute Gasteiger partial charge is 0.496 e. The Morgan fingerprint density at radius 2 is 2.14 bits per heavy atom. The summed E-state index contributed by atoms with van der Waals surface area (Å²) in [6.45, 7) is 1.45. The normalized spacial score (nSPS) is 14.3. The minimum absolute atomic E-state index is 0.656. The summed E-state index contributed by atoms with van der Waals surface area (Å²) in [5, 5.41) is 8.31. The summed E-state index contributed by atoms with van der Waals surface area (Å²) < 4.78 is 5.38. The molecule has 0 radical (unpaired) electrons. The van der Waals surface area contributed by atoms with Crippen LogP contribution in [0.25, 0.3) is 0 Å². The molecule has 0 unspecified atom stereocenters. The molecule has 0 fully saturated rings. The first-order chi connectivity index (χ1) is 10.4. The van der Waals surface area contributed by atoms with Crippen LogP contribution in [-0.4, -0.2) is 31.1 Å². The molecule has 1 aromatic heterocycles. The van der Waals surface area contributed by atoms with Gasteiger partial charge in [0.25, 0.3) is 0 Å². The predicted octanol–water partition coefficient (Wildman–Crippen LogP) is 3.34. The smallest absolute Gasteiger partial charge is 0.127 e. The molecular weight excluding hydrogens is 284 g/mol. The minimum atomic E-state index is 0.656. The summed E-state index contributed by atoms with van der Waals surface area (Å²) in [4.78, 5) is 7.05. The van der Waals surface area contributed by atoms with Crippen LogP contribution in [0.2, 0.25) is 0 Å². The van der Waals surface area contributed by atoms with Crippen LogP contribution in [0.15, 0.2) is 46.9 Å². The van der Waals surface area contributed by atoms with E-state index >= 15 is 0 Å². The number of methoxy groups -OCH3 is 1. The Bertz CT molecular complexity index is 610. The first kappa shape index (κ1) is 14.1. The highest BCUT2D eigenvalue weighted by atomic mass is 32.1. The molecule has 4 nitrogen and oxygen atoms in total. The standard InChI is InChI=1S/C16H18N2O2S/c1-19-16-7-3-2-6-14(16)15-8-10-18(17-15)20-11-9-13-5-4-12-21-13/h2-7,12H,8-11H2,1H3. The highest BCUT2D eigenvalue weighted by Crippen LogP contribution is 2.23. The van der Waals surface area contributed by atoms with Crippen LogP contribution >= 0.6 is 11.3 Å². The third-order valence-electron chi connectivity index (χ3n) is 3.36. The number of hydrogen-bond acceptors (Lipinski definition) is 5. The first-order valence-corrected chi connectivity index (χ1v) is 7.88. The number of thiophene rings is 1. The van der Waals surface area contributed by atoms with E-state index in [1.807, 2.05) is 24.3 Å². The summed E-state index contributed by atoms with van der Waals surface area (Å²) in [5.41, 5.74) is 2.06. The Balaban J connectivity index is 1.59. The van der Waals surface area contributed by atoms with E-state index in [0.717, 1.165) is 36.4 Å². The molecule has 0 saturated heterocycles. The van der Waals surface area contributed by atoms with E-state index in [1.165, 1.54) is 4.88 Å². The van der Waals surface area contributed by atoms with E-state index < -0.39 is 0 Å². The second kappa shape index (κ2) is 6.74. The van der Waals surface area contributed by atoms with Crippen LogP contribution < -0.4 is 4.74 Å². The first-order valence-electron chi connectivity index (χ1n) is 7.00. The molecule has 0 N–H and O–H groups in total. The molecule has 0 spiro atoms. The summed E-state index contributed by atoms with van der Waals surface area (Å²) in [7, 11) is 1.68. The van der Waals surface area contributed by atoms with Crippen molar-refractivity contribution in [2.24, 2.45) is 5.10 Å². The molecule has 2 aromatic rings. The number of hydrogen-bond donors (Lipinski definition) is 0. The van der Waals surface area contributed by atoms with Gasteiger partial charge in [0, 0.05) is 23.3 Å². The van der Waals surface area contributed by atoms with Crippen molar-refractivity contribution in [1.29, 1.82) is 0 Å². The second-order valence-corrected chi connectivity index (χ2v) is 5.77. The lowest BCUT2D eigenvalue weighted by molar-refractivity contribution is -0.150. The van der Waals surface area contributed by atoms with E-state index in [0.29, 0.717) is 6.61 Å². The SMILES string of the molecule is COc1ccccc1C1=NN(OCCc2cccs2)CC1. The van der Waals surface area contributed by atoms with Crippen LogP contribution in [0.4, 0.5) is 0 Å². The summed E-state index contributed by atoms with van der Waals surface area (Å²) in [6.07, 6.45) is 1.80. The van der Waals surface area contributed by atoms with Crippen LogP contribution in [0.1, 0.15) is 16.9 Å². The second-order valence-electron chi connectivity index (χ2n) is 4.74. The Morgan fingerprint density at radius 1 is 1.24 bits per heavy atom. The predicted molar refractivity (Wildman–Crippen MR) is 84.8 cm³/mol. The number of ether oxygens (including phenoxy) is 1. The van der Waals surface area contributed by atoms with Gasteiger partial charge in [-0.25, -0.2) is 0 Å². The molecule has 0 bridgehead atoms. The molecule has 0 aliphatic carbocycles. The topological polar surface area (TPSA) is 34.1 Å². The number of rotatable bonds is 6. The third kappa shape index (κ3) is 3.43. The van der Waals surface area contributed by atoms with E-state index in [-0.39, 0.29) is 0 Å². The van der Waals surface area contributed by atoms with Crippen molar-refractivity contribution < 1.29 is 9.57 Å². The average molecular weight is 302 g/mol. The van der Waals surface area contributed by atoms with Gasteiger partial charge in [0.1, 0.15) is 5.75 Å². The fraction of sp³-hybridized carbons (Fsp3) is 0.312. The van der Waals surface area contributed by atoms with Gasteiger partial charge in [-0.2, -0.15) is 10.3 Å². The van der Waals surface area contributed by atoms with Crippen LogP contribution in [0, 0.1) is 0 Å². The van der Waals surface area contributed by atoms with Crippen molar-refractivity contribution in [3.63, 3.8) is 0 Å². The lowest BCUT2D eigenvalue weighted by atomic mass is 10.1. The Morgan fingerprint density at radius 3 is 2.95 bits per heavy atom. The maximum absolute atomic E-state index is 5.71. The van der Waals surface area contributed by atoms with E-state index in [2.05, 4.69) is 22.6 Å². The number of hydrazone groups is 1. The van der Waals surface area contributed by atoms with Gasteiger partial charge in [-0.05, 0) is 23.6 Å². The molecule has 0 amide bonds. The molecule has 0 atom stereocenters. The molecular formula is C16H18N2O2S. The summed E-state index contributed by atoms with van der Waals surface area (Å²) in [6, 6.07) is 12.1. The highest BCUT2D eigenvalue weighted by Gasteiger charge is 2.19. The monoisotopic (exact) mass is 302 g/mol. The van der Waals surface area contributed by atoms with Gasteiger partial charge < -0.3 is 4.74 Å². The zero-order chi connectivity index (χ0) is 14.5. The average Bonchev–Trinajstić information content (AvgIpc) is 3.19. The van der Waals surface area contributed by atoms with Gasteiger partial charge in [-0.1, -0.05) is 18.2 Å².